The Morgan fingerprint density at radius 1 is 1.27 bits per heavy atom. The molecule has 1 aliphatic heterocycles. The van der Waals surface area contributed by atoms with Crippen molar-refractivity contribution < 1.29 is 9.53 Å². The molecule has 4 rings (SSSR count). The quantitative estimate of drug-likeness (QED) is 0.763. The zero-order chi connectivity index (χ0) is 17.8. The number of benzene rings is 1. The maximum Gasteiger partial charge on any atom is 0.251 e. The first kappa shape index (κ1) is 16.4. The Morgan fingerprint density at radius 3 is 2.96 bits per heavy atom. The van der Waals surface area contributed by atoms with E-state index in [4.69, 9.17) is 4.74 Å². The standard InChI is InChI=1S/C19H19N5O2/c25-19(15-6-8-21-17(10-15)24-13-20-12-23-24)22-11-16-7-9-26-18(16)14-4-2-1-3-5-14/h1-6,8,10,12-13,16,18H,7,9,11H2,(H,22,25)/t16-,18-/m0/s1. The van der Waals surface area contributed by atoms with Gasteiger partial charge in [0.2, 0.25) is 0 Å². The van der Waals surface area contributed by atoms with E-state index in [1.54, 1.807) is 24.7 Å². The van der Waals surface area contributed by atoms with Crippen LogP contribution in [0, 0.1) is 5.92 Å². The van der Waals surface area contributed by atoms with Gasteiger partial charge < -0.3 is 10.1 Å². The fourth-order valence-corrected chi connectivity index (χ4v) is 3.19. The van der Waals surface area contributed by atoms with E-state index in [0.717, 1.165) is 12.0 Å². The first-order valence-corrected chi connectivity index (χ1v) is 8.57. The second-order valence-corrected chi connectivity index (χ2v) is 6.20. The van der Waals surface area contributed by atoms with Gasteiger partial charge in [0.05, 0.1) is 6.10 Å². The Kier molecular flexibility index (Phi) is 4.70. The lowest BCUT2D eigenvalue weighted by Gasteiger charge is -2.19. The van der Waals surface area contributed by atoms with Crippen LogP contribution in [0.4, 0.5) is 0 Å². The first-order chi connectivity index (χ1) is 12.8. The highest BCUT2D eigenvalue weighted by Crippen LogP contribution is 2.33. The van der Waals surface area contributed by atoms with Crippen LogP contribution in [0.1, 0.15) is 28.4 Å². The SMILES string of the molecule is O=C(NC[C@@H]1CCO[C@H]1c1ccccc1)c1ccnc(-n2cncn2)c1. The van der Waals surface area contributed by atoms with Crippen LogP contribution >= 0.6 is 0 Å². The molecule has 0 unspecified atom stereocenters. The highest BCUT2D eigenvalue weighted by Gasteiger charge is 2.29. The molecule has 1 aliphatic rings. The summed E-state index contributed by atoms with van der Waals surface area (Å²) in [6.45, 7) is 1.28. The number of rotatable bonds is 5. The van der Waals surface area contributed by atoms with Crippen LogP contribution < -0.4 is 5.32 Å². The second-order valence-electron chi connectivity index (χ2n) is 6.20. The van der Waals surface area contributed by atoms with Crippen LogP contribution in [0.2, 0.25) is 0 Å². The molecule has 2 aromatic heterocycles. The molecule has 0 saturated carbocycles. The van der Waals surface area contributed by atoms with E-state index in [-0.39, 0.29) is 17.9 Å². The van der Waals surface area contributed by atoms with Crippen molar-refractivity contribution in [3.8, 4) is 5.82 Å². The number of carbonyl (C=O) groups excluding carboxylic acids is 1. The number of nitrogens with zero attached hydrogens (tertiary/aromatic N) is 4. The largest absolute Gasteiger partial charge is 0.373 e. The van der Waals surface area contributed by atoms with Crippen LogP contribution in [0.25, 0.3) is 5.82 Å². The lowest BCUT2D eigenvalue weighted by molar-refractivity contribution is 0.0846. The lowest BCUT2D eigenvalue weighted by Crippen LogP contribution is -2.30. The monoisotopic (exact) mass is 349 g/mol. The number of amides is 1. The molecule has 1 fully saturated rings. The van der Waals surface area contributed by atoms with Crippen molar-refractivity contribution in [1.82, 2.24) is 25.1 Å². The molecule has 26 heavy (non-hydrogen) atoms. The van der Waals surface area contributed by atoms with Crippen molar-refractivity contribution >= 4 is 5.91 Å². The normalized spacial score (nSPS) is 19.4. The molecule has 1 amide bonds. The van der Waals surface area contributed by atoms with Gasteiger partial charge >= 0.3 is 0 Å². The van der Waals surface area contributed by atoms with Crippen molar-refractivity contribution in [2.24, 2.45) is 5.92 Å². The van der Waals surface area contributed by atoms with Crippen LogP contribution in [0.15, 0.2) is 61.3 Å². The summed E-state index contributed by atoms with van der Waals surface area (Å²) in [7, 11) is 0. The Morgan fingerprint density at radius 2 is 2.15 bits per heavy atom. The molecule has 1 N–H and O–H groups in total. The Bertz CT molecular complexity index is 867. The van der Waals surface area contributed by atoms with Crippen molar-refractivity contribution in [2.45, 2.75) is 12.5 Å². The lowest BCUT2D eigenvalue weighted by atomic mass is 9.95. The van der Waals surface area contributed by atoms with Crippen molar-refractivity contribution in [1.29, 1.82) is 0 Å². The van der Waals surface area contributed by atoms with Gasteiger partial charge in [-0.05, 0) is 24.1 Å². The van der Waals surface area contributed by atoms with E-state index < -0.39 is 0 Å². The maximum atomic E-state index is 12.5. The molecule has 132 valence electrons. The van der Waals surface area contributed by atoms with Gasteiger partial charge in [-0.2, -0.15) is 5.10 Å². The van der Waals surface area contributed by atoms with Crippen LogP contribution in [0.3, 0.4) is 0 Å². The molecule has 7 heteroatoms. The van der Waals surface area contributed by atoms with Crippen molar-refractivity contribution in [2.75, 3.05) is 13.2 Å². The summed E-state index contributed by atoms with van der Waals surface area (Å²) in [6, 6.07) is 13.5. The fraction of sp³-hybridized carbons (Fsp3) is 0.263. The molecule has 3 heterocycles. The van der Waals surface area contributed by atoms with Gasteiger partial charge in [0, 0.05) is 30.8 Å². The highest BCUT2D eigenvalue weighted by molar-refractivity contribution is 5.94. The minimum Gasteiger partial charge on any atom is -0.373 e. The summed E-state index contributed by atoms with van der Waals surface area (Å²) < 4.78 is 7.40. The van der Waals surface area contributed by atoms with E-state index in [1.807, 2.05) is 18.2 Å². The third kappa shape index (κ3) is 3.48. The molecule has 0 bridgehead atoms. The highest BCUT2D eigenvalue weighted by atomic mass is 16.5. The van der Waals surface area contributed by atoms with Gasteiger partial charge in [-0.1, -0.05) is 30.3 Å². The third-order valence-electron chi connectivity index (χ3n) is 4.53. The molecule has 1 saturated heterocycles. The molecular formula is C19H19N5O2. The predicted octanol–water partition coefficient (Wildman–Crippen LogP) is 2.17. The Labute approximate surface area is 151 Å². The smallest absolute Gasteiger partial charge is 0.251 e. The number of pyridine rings is 1. The summed E-state index contributed by atoms with van der Waals surface area (Å²) in [5, 5.41) is 7.06. The van der Waals surface area contributed by atoms with Crippen LogP contribution in [-0.4, -0.2) is 38.8 Å². The summed E-state index contributed by atoms with van der Waals surface area (Å²) in [5.41, 5.74) is 1.70. The molecule has 7 nitrogen and oxygen atoms in total. The van der Waals surface area contributed by atoms with Gasteiger partial charge in [-0.15, -0.1) is 0 Å². The summed E-state index contributed by atoms with van der Waals surface area (Å²) >= 11 is 0. The molecule has 0 radical (unpaired) electrons. The minimum absolute atomic E-state index is 0.0275. The van der Waals surface area contributed by atoms with Gasteiger partial charge in [-0.3, -0.25) is 4.79 Å². The number of hydrogen-bond donors (Lipinski definition) is 1. The Hall–Kier alpha value is -3.06. The van der Waals surface area contributed by atoms with E-state index in [1.165, 1.54) is 11.0 Å². The average molecular weight is 349 g/mol. The predicted molar refractivity (Wildman–Crippen MR) is 94.7 cm³/mol. The molecule has 3 aromatic rings. The third-order valence-corrected chi connectivity index (χ3v) is 4.53. The molecular weight excluding hydrogens is 330 g/mol. The maximum absolute atomic E-state index is 12.5. The number of nitrogens with one attached hydrogen (secondary N) is 1. The van der Waals surface area contributed by atoms with Gasteiger partial charge in [0.1, 0.15) is 12.7 Å². The average Bonchev–Trinajstić information content (AvgIpc) is 3.39. The fourth-order valence-electron chi connectivity index (χ4n) is 3.19. The topological polar surface area (TPSA) is 81.9 Å². The van der Waals surface area contributed by atoms with E-state index in [9.17, 15) is 4.79 Å². The van der Waals surface area contributed by atoms with E-state index >= 15 is 0 Å². The summed E-state index contributed by atoms with van der Waals surface area (Å²) in [4.78, 5) is 20.7. The molecule has 2 atom stereocenters. The number of carbonyl (C=O) groups is 1. The second kappa shape index (κ2) is 7.45. The zero-order valence-corrected chi connectivity index (χ0v) is 14.2. The van der Waals surface area contributed by atoms with Gasteiger partial charge in [-0.25, -0.2) is 14.6 Å². The van der Waals surface area contributed by atoms with Gasteiger partial charge in [0.15, 0.2) is 5.82 Å². The van der Waals surface area contributed by atoms with E-state index in [0.29, 0.717) is 24.5 Å². The zero-order valence-electron chi connectivity index (χ0n) is 14.2. The molecule has 1 aromatic carbocycles. The van der Waals surface area contributed by atoms with Crippen molar-refractivity contribution in [3.05, 3.63) is 72.4 Å². The Balaban J connectivity index is 1.42. The van der Waals surface area contributed by atoms with E-state index in [2.05, 4.69) is 32.5 Å². The number of aromatic nitrogens is 4. The summed E-state index contributed by atoms with van der Waals surface area (Å²) in [5.74, 6) is 0.687. The first-order valence-electron chi connectivity index (χ1n) is 8.57. The molecule has 0 spiro atoms. The summed E-state index contributed by atoms with van der Waals surface area (Å²) in [6.07, 6.45) is 5.53. The van der Waals surface area contributed by atoms with Crippen LogP contribution in [-0.2, 0) is 4.74 Å². The van der Waals surface area contributed by atoms with Crippen LogP contribution in [0.5, 0.6) is 0 Å². The molecule has 0 aliphatic carbocycles. The van der Waals surface area contributed by atoms with Gasteiger partial charge in [0.25, 0.3) is 5.91 Å². The van der Waals surface area contributed by atoms with Crippen molar-refractivity contribution in [3.63, 3.8) is 0 Å². The number of hydrogen-bond acceptors (Lipinski definition) is 5. The number of ether oxygens (including phenoxy) is 1. The minimum atomic E-state index is -0.132.